The summed E-state index contributed by atoms with van der Waals surface area (Å²) < 4.78 is 0. The Balaban J connectivity index is 3.37. The van der Waals surface area contributed by atoms with Gasteiger partial charge in [0.1, 0.15) is 0 Å². The van der Waals surface area contributed by atoms with Crippen LogP contribution in [0.2, 0.25) is 18.6 Å². The van der Waals surface area contributed by atoms with Crippen molar-refractivity contribution in [3.8, 4) is 0 Å². The van der Waals surface area contributed by atoms with Crippen LogP contribution in [-0.2, 0) is 0 Å². The van der Waals surface area contributed by atoms with E-state index < -0.39 is 7.38 Å². The molecule has 50 valence electrons. The minimum Gasteiger partial charge on any atom is -0.167 e. The lowest BCUT2D eigenvalue weighted by molar-refractivity contribution is 1.05. The maximum absolute atomic E-state index is 6.16. The van der Waals surface area contributed by atoms with E-state index in [1.54, 1.807) is 0 Å². The first-order valence-electron chi connectivity index (χ1n) is 3.31. The minimum absolute atomic E-state index is 1.21. The van der Waals surface area contributed by atoms with Gasteiger partial charge in [0, 0.05) is 0 Å². The number of rotatable bonds is 3. The van der Waals surface area contributed by atoms with E-state index in [9.17, 15) is 0 Å². The van der Waals surface area contributed by atoms with E-state index in [1.807, 2.05) is 0 Å². The van der Waals surface area contributed by atoms with Crippen LogP contribution in [-0.4, -0.2) is 7.38 Å². The van der Waals surface area contributed by atoms with Gasteiger partial charge >= 0.3 is 0 Å². The molecule has 1 unspecified atom stereocenters. The molecule has 0 fully saturated rings. The quantitative estimate of drug-likeness (QED) is 0.428. The normalized spacial score (nSPS) is 18.0. The average molecular weight is 151 g/mol. The topological polar surface area (TPSA) is 0 Å². The summed E-state index contributed by atoms with van der Waals surface area (Å²) in [5, 5.41) is 0. The van der Waals surface area contributed by atoms with Crippen molar-refractivity contribution in [1.29, 1.82) is 0 Å². The van der Waals surface area contributed by atoms with E-state index >= 15 is 0 Å². The van der Waals surface area contributed by atoms with Crippen LogP contribution >= 0.6 is 11.1 Å². The second kappa shape index (κ2) is 3.52. The molecule has 0 rings (SSSR count). The van der Waals surface area contributed by atoms with Gasteiger partial charge < -0.3 is 0 Å². The van der Waals surface area contributed by atoms with Crippen molar-refractivity contribution in [3.05, 3.63) is 0 Å². The third kappa shape index (κ3) is 3.50. The van der Waals surface area contributed by atoms with Gasteiger partial charge in [-0.2, -0.15) is 11.1 Å². The highest BCUT2D eigenvalue weighted by molar-refractivity contribution is 7.19. The summed E-state index contributed by atoms with van der Waals surface area (Å²) in [5.74, 6) is 0. The summed E-state index contributed by atoms with van der Waals surface area (Å²) in [4.78, 5) is 0. The molecule has 0 aliphatic heterocycles. The number of hydrogen-bond acceptors (Lipinski definition) is 0. The predicted octanol–water partition coefficient (Wildman–Crippen LogP) is 3.23. The monoisotopic (exact) mass is 150 g/mol. The fraction of sp³-hybridized carbons (Fsp3) is 1.00. The number of hydrogen-bond donors (Lipinski definition) is 0. The molecule has 0 spiro atoms. The molecule has 0 aromatic heterocycles. The SMILES string of the molecule is CCC[Si](C)(Cl)CC. The van der Waals surface area contributed by atoms with Crippen LogP contribution in [0.15, 0.2) is 0 Å². The maximum atomic E-state index is 6.16. The van der Waals surface area contributed by atoms with E-state index in [2.05, 4.69) is 20.4 Å². The minimum atomic E-state index is -1.21. The molecular weight excluding hydrogens is 136 g/mol. The Hall–Kier alpha value is 0.507. The van der Waals surface area contributed by atoms with Crippen LogP contribution in [0, 0.1) is 0 Å². The second-order valence-corrected chi connectivity index (χ2v) is 9.29. The van der Waals surface area contributed by atoms with Crippen LogP contribution in [0.25, 0.3) is 0 Å². The van der Waals surface area contributed by atoms with Crippen LogP contribution in [0.3, 0.4) is 0 Å². The van der Waals surface area contributed by atoms with Crippen molar-refractivity contribution in [2.24, 2.45) is 0 Å². The predicted molar refractivity (Wildman–Crippen MR) is 43.1 cm³/mol. The van der Waals surface area contributed by atoms with Crippen molar-refractivity contribution < 1.29 is 0 Å². The van der Waals surface area contributed by atoms with E-state index in [-0.39, 0.29) is 0 Å². The van der Waals surface area contributed by atoms with E-state index in [4.69, 9.17) is 11.1 Å². The third-order valence-corrected chi connectivity index (χ3v) is 5.89. The summed E-state index contributed by atoms with van der Waals surface area (Å²) in [5.41, 5.74) is 0. The maximum Gasteiger partial charge on any atom is 0.153 e. The lowest BCUT2D eigenvalue weighted by Gasteiger charge is -2.14. The van der Waals surface area contributed by atoms with Gasteiger partial charge in [0.25, 0.3) is 0 Å². The molecule has 8 heavy (non-hydrogen) atoms. The lowest BCUT2D eigenvalue weighted by Crippen LogP contribution is -2.18. The summed E-state index contributed by atoms with van der Waals surface area (Å²) >= 11 is 6.16. The van der Waals surface area contributed by atoms with Crippen molar-refractivity contribution in [1.82, 2.24) is 0 Å². The van der Waals surface area contributed by atoms with Gasteiger partial charge in [0.15, 0.2) is 7.38 Å². The van der Waals surface area contributed by atoms with Crippen LogP contribution < -0.4 is 0 Å². The highest BCUT2D eigenvalue weighted by Gasteiger charge is 2.19. The molecule has 0 bridgehead atoms. The Bertz CT molecular complexity index is 61.5. The van der Waals surface area contributed by atoms with E-state index in [0.29, 0.717) is 0 Å². The van der Waals surface area contributed by atoms with Crippen molar-refractivity contribution in [3.63, 3.8) is 0 Å². The first-order chi connectivity index (χ1) is 3.62. The smallest absolute Gasteiger partial charge is 0.153 e. The van der Waals surface area contributed by atoms with E-state index in [0.717, 1.165) is 0 Å². The first-order valence-corrected chi connectivity index (χ1v) is 7.24. The molecule has 0 heterocycles. The standard InChI is InChI=1S/C6H15ClSi/c1-4-6-8(3,7)5-2/h4-6H2,1-3H3. The third-order valence-electron chi connectivity index (χ3n) is 1.51. The molecule has 0 aliphatic carbocycles. The van der Waals surface area contributed by atoms with Gasteiger partial charge in [-0.1, -0.05) is 26.8 Å². The summed E-state index contributed by atoms with van der Waals surface area (Å²) in [6, 6.07) is 2.48. The molecule has 0 amide bonds. The van der Waals surface area contributed by atoms with Crippen LogP contribution in [0.4, 0.5) is 0 Å². The lowest BCUT2D eigenvalue weighted by atomic mass is 10.6. The van der Waals surface area contributed by atoms with Crippen molar-refractivity contribution in [2.75, 3.05) is 0 Å². The molecule has 0 aromatic carbocycles. The molecule has 0 saturated heterocycles. The van der Waals surface area contributed by atoms with E-state index in [1.165, 1.54) is 18.5 Å². The van der Waals surface area contributed by atoms with Gasteiger partial charge in [-0.25, -0.2) is 0 Å². The second-order valence-electron chi connectivity index (χ2n) is 2.52. The van der Waals surface area contributed by atoms with Crippen LogP contribution in [0.1, 0.15) is 20.3 Å². The average Bonchev–Trinajstić information content (AvgIpc) is 1.67. The Morgan fingerprint density at radius 1 is 1.38 bits per heavy atom. The molecule has 0 aliphatic rings. The van der Waals surface area contributed by atoms with Crippen molar-refractivity contribution >= 4 is 18.5 Å². The molecule has 0 nitrogen and oxygen atoms in total. The van der Waals surface area contributed by atoms with Gasteiger partial charge in [0.05, 0.1) is 0 Å². The molecule has 0 radical (unpaired) electrons. The van der Waals surface area contributed by atoms with Gasteiger partial charge in [0.2, 0.25) is 0 Å². The van der Waals surface area contributed by atoms with Gasteiger partial charge in [-0.15, -0.1) is 0 Å². The van der Waals surface area contributed by atoms with Crippen LogP contribution in [0.5, 0.6) is 0 Å². The number of halogens is 1. The van der Waals surface area contributed by atoms with Gasteiger partial charge in [-0.3, -0.25) is 0 Å². The Morgan fingerprint density at radius 3 is 2.00 bits per heavy atom. The molecule has 2 heteroatoms. The molecule has 0 saturated carbocycles. The fourth-order valence-electron chi connectivity index (χ4n) is 0.698. The summed E-state index contributed by atoms with van der Waals surface area (Å²) in [6.45, 7) is 6.62. The fourth-order valence-corrected chi connectivity index (χ4v) is 2.66. The first kappa shape index (κ1) is 8.51. The zero-order valence-corrected chi connectivity index (χ0v) is 7.76. The summed E-state index contributed by atoms with van der Waals surface area (Å²) in [6.07, 6.45) is 1.25. The molecule has 0 N–H and O–H groups in total. The zero-order valence-electron chi connectivity index (χ0n) is 6.00. The highest BCUT2D eigenvalue weighted by Crippen LogP contribution is 2.20. The molecular formula is C6H15ClSi. The Labute approximate surface area is 58.0 Å². The zero-order chi connectivity index (χ0) is 6.62. The van der Waals surface area contributed by atoms with Gasteiger partial charge in [-0.05, 0) is 12.1 Å². The summed E-state index contributed by atoms with van der Waals surface area (Å²) in [7, 11) is -1.21. The Kier molecular flexibility index (Phi) is 3.74. The van der Waals surface area contributed by atoms with Crippen molar-refractivity contribution in [2.45, 2.75) is 38.9 Å². The molecule has 0 aromatic rings. The largest absolute Gasteiger partial charge is 0.167 e. The molecule has 1 atom stereocenters. The highest BCUT2D eigenvalue weighted by atomic mass is 35.6. The Morgan fingerprint density at radius 2 is 1.88 bits per heavy atom.